The normalized spacial score (nSPS) is 19.9. The number of amides is 1. The molecule has 1 unspecified atom stereocenters. The highest BCUT2D eigenvalue weighted by Gasteiger charge is 2.29. The minimum absolute atomic E-state index is 0.0544. The molecular formula is C22H30N4O2. The van der Waals surface area contributed by atoms with Crippen LogP contribution in [0, 0.1) is 12.8 Å². The van der Waals surface area contributed by atoms with Crippen molar-refractivity contribution in [1.29, 1.82) is 0 Å². The van der Waals surface area contributed by atoms with Crippen LogP contribution in [-0.4, -0.2) is 52.0 Å². The van der Waals surface area contributed by atoms with Gasteiger partial charge in [0.1, 0.15) is 0 Å². The Labute approximate surface area is 166 Å². The maximum Gasteiger partial charge on any atom is 0.244 e. The fourth-order valence-electron chi connectivity index (χ4n) is 4.33. The van der Waals surface area contributed by atoms with E-state index in [1.54, 1.807) is 0 Å². The maximum absolute atomic E-state index is 12.6. The van der Waals surface area contributed by atoms with E-state index in [1.165, 1.54) is 31.2 Å². The Kier molecular flexibility index (Phi) is 5.76. The monoisotopic (exact) mass is 382 g/mol. The second-order valence-corrected chi connectivity index (χ2v) is 8.27. The van der Waals surface area contributed by atoms with Crippen LogP contribution in [0.25, 0.3) is 11.4 Å². The molecular weight excluding hydrogens is 352 g/mol. The summed E-state index contributed by atoms with van der Waals surface area (Å²) in [5.41, 5.74) is 2.18. The van der Waals surface area contributed by atoms with Gasteiger partial charge in [0.2, 0.25) is 17.6 Å². The lowest BCUT2D eigenvalue weighted by Crippen LogP contribution is -2.49. The molecule has 1 aromatic carbocycles. The number of rotatable bonds is 5. The summed E-state index contributed by atoms with van der Waals surface area (Å²) in [5.74, 6) is 2.22. The van der Waals surface area contributed by atoms with Gasteiger partial charge in [0.25, 0.3) is 0 Å². The zero-order chi connectivity index (χ0) is 19.5. The number of hydrogen-bond donors (Lipinski definition) is 0. The summed E-state index contributed by atoms with van der Waals surface area (Å²) in [6.07, 6.45) is 5.77. The number of aryl methyl sites for hydroxylation is 1. The molecule has 0 N–H and O–H groups in total. The molecule has 0 spiro atoms. The number of carbonyl (C=O) groups is 1. The van der Waals surface area contributed by atoms with Crippen LogP contribution in [0.5, 0.6) is 0 Å². The number of piperazine rings is 1. The number of aromatic nitrogens is 2. The van der Waals surface area contributed by atoms with E-state index in [4.69, 9.17) is 4.52 Å². The third kappa shape index (κ3) is 4.27. The van der Waals surface area contributed by atoms with Gasteiger partial charge < -0.3 is 9.42 Å². The summed E-state index contributed by atoms with van der Waals surface area (Å²) >= 11 is 0. The Bertz CT molecular complexity index is 787. The molecule has 1 atom stereocenters. The molecule has 6 heteroatoms. The van der Waals surface area contributed by atoms with Gasteiger partial charge in [-0.1, -0.05) is 47.8 Å². The summed E-state index contributed by atoms with van der Waals surface area (Å²) in [5, 5.41) is 4.16. The quantitative estimate of drug-likeness (QED) is 0.786. The van der Waals surface area contributed by atoms with E-state index >= 15 is 0 Å². The Hall–Kier alpha value is -2.21. The molecule has 1 amide bonds. The predicted molar refractivity (Wildman–Crippen MR) is 108 cm³/mol. The lowest BCUT2D eigenvalue weighted by atomic mass is 10.0. The minimum Gasteiger partial charge on any atom is -0.340 e. The van der Waals surface area contributed by atoms with Crippen LogP contribution in [0.2, 0.25) is 0 Å². The first-order valence-corrected chi connectivity index (χ1v) is 10.5. The predicted octanol–water partition coefficient (Wildman–Crippen LogP) is 3.83. The second kappa shape index (κ2) is 8.43. The van der Waals surface area contributed by atoms with E-state index in [1.807, 2.05) is 17.0 Å². The van der Waals surface area contributed by atoms with Crippen molar-refractivity contribution in [3.63, 3.8) is 0 Å². The number of carbonyl (C=O) groups excluding carboxylic acids is 1. The fraction of sp³-hybridized carbons (Fsp3) is 0.591. The molecule has 1 aromatic heterocycles. The Morgan fingerprint density at radius 3 is 2.50 bits per heavy atom. The molecule has 28 heavy (non-hydrogen) atoms. The van der Waals surface area contributed by atoms with Gasteiger partial charge in [0.15, 0.2) is 0 Å². The topological polar surface area (TPSA) is 62.5 Å². The maximum atomic E-state index is 12.6. The van der Waals surface area contributed by atoms with E-state index in [2.05, 4.69) is 41.0 Å². The van der Waals surface area contributed by atoms with Gasteiger partial charge in [-0.15, -0.1) is 0 Å². The first-order chi connectivity index (χ1) is 13.6. The number of nitrogens with zero attached hydrogens (tertiary/aromatic N) is 4. The fourth-order valence-corrected chi connectivity index (χ4v) is 4.33. The van der Waals surface area contributed by atoms with E-state index in [0.717, 1.165) is 38.2 Å². The first-order valence-electron chi connectivity index (χ1n) is 10.5. The SMILES string of the molecule is Cc1ccc(-c2noc(C(C)N3CCN(C(=O)CC4CCCC4)CC3)n2)cc1. The van der Waals surface area contributed by atoms with Gasteiger partial charge in [-0.2, -0.15) is 4.98 Å². The lowest BCUT2D eigenvalue weighted by molar-refractivity contribution is -0.134. The third-order valence-electron chi connectivity index (χ3n) is 6.26. The van der Waals surface area contributed by atoms with Crippen molar-refractivity contribution in [2.45, 2.75) is 52.0 Å². The van der Waals surface area contributed by atoms with Crippen molar-refractivity contribution in [1.82, 2.24) is 19.9 Å². The minimum atomic E-state index is 0.0544. The molecule has 1 aliphatic carbocycles. The molecule has 1 aliphatic heterocycles. The molecule has 6 nitrogen and oxygen atoms in total. The molecule has 2 aliphatic rings. The zero-order valence-electron chi connectivity index (χ0n) is 16.9. The van der Waals surface area contributed by atoms with Crippen molar-refractivity contribution in [2.24, 2.45) is 5.92 Å². The average molecular weight is 383 g/mol. The van der Waals surface area contributed by atoms with Crippen LogP contribution in [0.4, 0.5) is 0 Å². The zero-order valence-corrected chi connectivity index (χ0v) is 16.9. The van der Waals surface area contributed by atoms with Gasteiger partial charge in [-0.25, -0.2) is 0 Å². The first kappa shape index (κ1) is 19.1. The Balaban J connectivity index is 1.32. The summed E-state index contributed by atoms with van der Waals surface area (Å²) in [6.45, 7) is 7.43. The highest BCUT2D eigenvalue weighted by atomic mass is 16.5. The summed E-state index contributed by atoms with van der Waals surface area (Å²) in [7, 11) is 0. The molecule has 2 aromatic rings. The molecule has 1 saturated carbocycles. The molecule has 0 radical (unpaired) electrons. The molecule has 150 valence electrons. The van der Waals surface area contributed by atoms with Crippen LogP contribution in [0.15, 0.2) is 28.8 Å². The second-order valence-electron chi connectivity index (χ2n) is 8.27. The number of hydrogen-bond acceptors (Lipinski definition) is 5. The van der Waals surface area contributed by atoms with Crippen molar-refractivity contribution in [2.75, 3.05) is 26.2 Å². The van der Waals surface area contributed by atoms with E-state index in [-0.39, 0.29) is 6.04 Å². The van der Waals surface area contributed by atoms with Gasteiger partial charge >= 0.3 is 0 Å². The van der Waals surface area contributed by atoms with Crippen molar-refractivity contribution >= 4 is 5.91 Å². The van der Waals surface area contributed by atoms with E-state index in [9.17, 15) is 4.79 Å². The molecule has 1 saturated heterocycles. The summed E-state index contributed by atoms with van der Waals surface area (Å²) in [6, 6.07) is 8.19. The van der Waals surface area contributed by atoms with Crippen LogP contribution >= 0.6 is 0 Å². The van der Waals surface area contributed by atoms with E-state index < -0.39 is 0 Å². The van der Waals surface area contributed by atoms with Crippen molar-refractivity contribution in [3.05, 3.63) is 35.7 Å². The largest absolute Gasteiger partial charge is 0.340 e. The van der Waals surface area contributed by atoms with Crippen LogP contribution < -0.4 is 0 Å². The standard InChI is InChI=1S/C22H30N4O2/c1-16-7-9-19(10-8-16)21-23-22(28-24-21)17(2)25-11-13-26(14-12-25)20(27)15-18-5-3-4-6-18/h7-10,17-18H,3-6,11-15H2,1-2H3. The van der Waals surface area contributed by atoms with E-state index in [0.29, 0.717) is 23.5 Å². The molecule has 0 bridgehead atoms. The van der Waals surface area contributed by atoms with Gasteiger partial charge in [-0.05, 0) is 32.6 Å². The van der Waals surface area contributed by atoms with Crippen LogP contribution in [0.3, 0.4) is 0 Å². The molecule has 4 rings (SSSR count). The number of benzene rings is 1. The highest BCUT2D eigenvalue weighted by molar-refractivity contribution is 5.76. The third-order valence-corrected chi connectivity index (χ3v) is 6.26. The Morgan fingerprint density at radius 2 is 1.82 bits per heavy atom. The van der Waals surface area contributed by atoms with Gasteiger partial charge in [0, 0.05) is 38.2 Å². The molecule has 2 fully saturated rings. The summed E-state index contributed by atoms with van der Waals surface area (Å²) in [4.78, 5) is 21.5. The smallest absolute Gasteiger partial charge is 0.244 e. The van der Waals surface area contributed by atoms with Crippen molar-refractivity contribution in [3.8, 4) is 11.4 Å². The van der Waals surface area contributed by atoms with Gasteiger partial charge in [-0.3, -0.25) is 9.69 Å². The molecule has 2 heterocycles. The Morgan fingerprint density at radius 1 is 1.14 bits per heavy atom. The van der Waals surface area contributed by atoms with Crippen LogP contribution in [0.1, 0.15) is 56.5 Å². The van der Waals surface area contributed by atoms with Crippen molar-refractivity contribution < 1.29 is 9.32 Å². The average Bonchev–Trinajstić information content (AvgIpc) is 3.40. The lowest BCUT2D eigenvalue weighted by Gasteiger charge is -2.37. The van der Waals surface area contributed by atoms with Gasteiger partial charge in [0.05, 0.1) is 6.04 Å². The van der Waals surface area contributed by atoms with Crippen LogP contribution in [-0.2, 0) is 4.79 Å². The summed E-state index contributed by atoms with van der Waals surface area (Å²) < 4.78 is 5.54. The highest BCUT2D eigenvalue weighted by Crippen LogP contribution is 2.29.